The number of ketones is 1. The molecule has 0 atom stereocenters. The maximum Gasteiger partial charge on any atom is 0.139 e. The summed E-state index contributed by atoms with van der Waals surface area (Å²) in [7, 11) is 0. The summed E-state index contributed by atoms with van der Waals surface area (Å²) in [5, 5.41) is 4.38. The van der Waals surface area contributed by atoms with Crippen LogP contribution in [0.1, 0.15) is 24.8 Å². The van der Waals surface area contributed by atoms with Gasteiger partial charge >= 0.3 is 0 Å². The highest BCUT2D eigenvalue weighted by atomic mass is 32.1. The van der Waals surface area contributed by atoms with E-state index in [4.69, 9.17) is 4.98 Å². The first-order valence-electron chi connectivity index (χ1n) is 8.13. The maximum absolute atomic E-state index is 11.5. The summed E-state index contributed by atoms with van der Waals surface area (Å²) < 4.78 is 1.22. The molecule has 2 aromatic carbocycles. The fourth-order valence-corrected chi connectivity index (χ4v) is 3.98. The standard InChI is InChI=1S/C20H18N2OS/c1-13-5-10-18-19(11-13)24-20(22-18)14-6-8-15(9-7-14)21-16-3-2-4-17(23)12-16/h3,5-11,21H,2,4,12H2,1H3. The second kappa shape index (κ2) is 6.21. The van der Waals surface area contributed by atoms with Gasteiger partial charge in [0.25, 0.3) is 0 Å². The molecule has 24 heavy (non-hydrogen) atoms. The van der Waals surface area contributed by atoms with Gasteiger partial charge in [-0.2, -0.15) is 0 Å². The van der Waals surface area contributed by atoms with Crippen molar-refractivity contribution >= 4 is 33.0 Å². The quantitative estimate of drug-likeness (QED) is 0.705. The van der Waals surface area contributed by atoms with Gasteiger partial charge in [-0.3, -0.25) is 4.79 Å². The van der Waals surface area contributed by atoms with Crippen molar-refractivity contribution in [1.29, 1.82) is 0 Å². The summed E-state index contributed by atoms with van der Waals surface area (Å²) >= 11 is 1.72. The molecule has 3 aromatic rings. The molecule has 4 heteroatoms. The molecule has 0 aliphatic heterocycles. The fourth-order valence-electron chi connectivity index (χ4n) is 2.91. The van der Waals surface area contributed by atoms with E-state index in [1.165, 1.54) is 10.3 Å². The van der Waals surface area contributed by atoms with Crippen LogP contribution < -0.4 is 5.32 Å². The van der Waals surface area contributed by atoms with Crippen LogP contribution in [0.3, 0.4) is 0 Å². The van der Waals surface area contributed by atoms with Gasteiger partial charge in [-0.25, -0.2) is 4.98 Å². The van der Waals surface area contributed by atoms with E-state index in [-0.39, 0.29) is 0 Å². The van der Waals surface area contributed by atoms with Gasteiger partial charge in [-0.05, 0) is 55.3 Å². The number of thiazole rings is 1. The average molecular weight is 334 g/mol. The van der Waals surface area contributed by atoms with Crippen molar-refractivity contribution < 1.29 is 4.79 Å². The zero-order chi connectivity index (χ0) is 16.5. The first-order valence-corrected chi connectivity index (χ1v) is 8.94. The van der Waals surface area contributed by atoms with Crippen LogP contribution >= 0.6 is 11.3 Å². The number of aryl methyl sites for hydroxylation is 1. The Balaban J connectivity index is 1.56. The Bertz CT molecular complexity index is 938. The van der Waals surface area contributed by atoms with Gasteiger partial charge in [0.05, 0.1) is 10.2 Å². The van der Waals surface area contributed by atoms with Gasteiger partial charge in [0.1, 0.15) is 10.8 Å². The molecular weight excluding hydrogens is 316 g/mol. The van der Waals surface area contributed by atoms with E-state index in [1.807, 2.05) is 12.1 Å². The van der Waals surface area contributed by atoms with Crippen LogP contribution in [0.15, 0.2) is 54.2 Å². The predicted molar refractivity (Wildman–Crippen MR) is 100 cm³/mol. The first kappa shape index (κ1) is 15.1. The molecule has 3 nitrogen and oxygen atoms in total. The Labute approximate surface area is 145 Å². The van der Waals surface area contributed by atoms with Gasteiger partial charge in [-0.1, -0.05) is 12.1 Å². The molecule has 1 aliphatic rings. The third-order valence-corrected chi connectivity index (χ3v) is 5.25. The van der Waals surface area contributed by atoms with Gasteiger partial charge < -0.3 is 5.32 Å². The van der Waals surface area contributed by atoms with Crippen molar-refractivity contribution in [2.75, 3.05) is 5.32 Å². The van der Waals surface area contributed by atoms with Crippen molar-refractivity contribution in [1.82, 2.24) is 4.98 Å². The number of fused-ring (bicyclic) bond motifs is 1. The van der Waals surface area contributed by atoms with Crippen LogP contribution in [0.5, 0.6) is 0 Å². The minimum Gasteiger partial charge on any atom is -0.359 e. The van der Waals surface area contributed by atoms with Crippen LogP contribution in [0.4, 0.5) is 5.69 Å². The molecule has 0 unspecified atom stereocenters. The Morgan fingerprint density at radius 1 is 1.12 bits per heavy atom. The van der Waals surface area contributed by atoms with Crippen molar-refractivity contribution in [3.8, 4) is 10.6 Å². The zero-order valence-corrected chi connectivity index (χ0v) is 14.3. The summed E-state index contributed by atoms with van der Waals surface area (Å²) in [6.07, 6.45) is 4.13. The third kappa shape index (κ3) is 3.10. The van der Waals surface area contributed by atoms with Crippen molar-refractivity contribution in [2.45, 2.75) is 26.2 Å². The molecule has 0 fully saturated rings. The number of hydrogen-bond acceptors (Lipinski definition) is 4. The van der Waals surface area contributed by atoms with Crippen LogP contribution in [0.25, 0.3) is 20.8 Å². The van der Waals surface area contributed by atoms with Crippen molar-refractivity contribution in [3.63, 3.8) is 0 Å². The molecule has 0 bridgehead atoms. The number of nitrogens with one attached hydrogen (secondary N) is 1. The van der Waals surface area contributed by atoms with Gasteiger partial charge in [0.15, 0.2) is 0 Å². The summed E-state index contributed by atoms with van der Waals surface area (Å²) in [6.45, 7) is 2.10. The zero-order valence-electron chi connectivity index (χ0n) is 13.5. The van der Waals surface area contributed by atoms with Crippen LogP contribution in [-0.4, -0.2) is 10.8 Å². The van der Waals surface area contributed by atoms with Crippen molar-refractivity contribution in [3.05, 3.63) is 59.8 Å². The topological polar surface area (TPSA) is 42.0 Å². The van der Waals surface area contributed by atoms with E-state index in [9.17, 15) is 4.79 Å². The molecule has 0 saturated carbocycles. The molecule has 0 saturated heterocycles. The lowest BCUT2D eigenvalue weighted by Crippen LogP contribution is -2.10. The molecule has 4 rings (SSSR count). The molecule has 1 aliphatic carbocycles. The van der Waals surface area contributed by atoms with E-state index in [1.54, 1.807) is 11.3 Å². The van der Waals surface area contributed by atoms with Crippen LogP contribution in [-0.2, 0) is 4.79 Å². The number of aromatic nitrogens is 1. The largest absolute Gasteiger partial charge is 0.359 e. The number of carbonyl (C=O) groups is 1. The van der Waals surface area contributed by atoms with E-state index < -0.39 is 0 Å². The summed E-state index contributed by atoms with van der Waals surface area (Å²) in [4.78, 5) is 16.2. The number of carbonyl (C=O) groups excluding carboxylic acids is 1. The SMILES string of the molecule is Cc1ccc2nc(-c3ccc(NC4=CCCC(=O)C4)cc3)sc2c1. The Hall–Kier alpha value is -2.46. The highest BCUT2D eigenvalue weighted by molar-refractivity contribution is 7.21. The second-order valence-corrected chi connectivity index (χ2v) is 7.21. The highest BCUT2D eigenvalue weighted by Crippen LogP contribution is 2.31. The van der Waals surface area contributed by atoms with Gasteiger partial charge in [-0.15, -0.1) is 11.3 Å². The van der Waals surface area contributed by atoms with Crippen molar-refractivity contribution in [2.24, 2.45) is 0 Å². The van der Waals surface area contributed by atoms with E-state index >= 15 is 0 Å². The third-order valence-electron chi connectivity index (χ3n) is 4.18. The molecule has 1 heterocycles. The number of rotatable bonds is 3. The summed E-state index contributed by atoms with van der Waals surface area (Å²) in [5.74, 6) is 0.307. The minimum atomic E-state index is 0.307. The molecule has 120 valence electrons. The predicted octanol–water partition coefficient (Wildman–Crippen LogP) is 5.32. The number of anilines is 1. The fraction of sp³-hybridized carbons (Fsp3) is 0.200. The second-order valence-electron chi connectivity index (χ2n) is 6.18. The first-order chi connectivity index (χ1) is 11.7. The number of allylic oxidation sites excluding steroid dienone is 2. The van der Waals surface area contributed by atoms with E-state index in [0.717, 1.165) is 33.9 Å². The average Bonchev–Trinajstić information content (AvgIpc) is 2.98. The minimum absolute atomic E-state index is 0.307. The van der Waals surface area contributed by atoms with Gasteiger partial charge in [0.2, 0.25) is 0 Å². The smallest absolute Gasteiger partial charge is 0.139 e. The number of benzene rings is 2. The molecule has 1 aromatic heterocycles. The lowest BCUT2D eigenvalue weighted by molar-refractivity contribution is -0.118. The lowest BCUT2D eigenvalue weighted by Gasteiger charge is -2.14. The number of Topliss-reactive ketones (excluding diaryl/α,β-unsaturated/α-hetero) is 1. The van der Waals surface area contributed by atoms with Crippen LogP contribution in [0, 0.1) is 6.92 Å². The number of nitrogens with zero attached hydrogens (tertiary/aromatic N) is 1. The van der Waals surface area contributed by atoms with Crippen LogP contribution in [0.2, 0.25) is 0 Å². The van der Waals surface area contributed by atoms with Gasteiger partial charge in [0, 0.05) is 29.8 Å². The lowest BCUT2D eigenvalue weighted by atomic mass is 10.0. The number of hydrogen-bond donors (Lipinski definition) is 1. The van der Waals surface area contributed by atoms with E-state index in [2.05, 4.69) is 48.6 Å². The van der Waals surface area contributed by atoms with E-state index in [0.29, 0.717) is 18.6 Å². The monoisotopic (exact) mass is 334 g/mol. The Kier molecular flexibility index (Phi) is 3.90. The molecule has 0 radical (unpaired) electrons. The summed E-state index contributed by atoms with van der Waals surface area (Å²) in [6, 6.07) is 14.6. The molecule has 0 spiro atoms. The summed E-state index contributed by atoms with van der Waals surface area (Å²) in [5.41, 5.74) is 5.44. The normalized spacial score (nSPS) is 14.7. The maximum atomic E-state index is 11.5. The Morgan fingerprint density at radius 3 is 2.75 bits per heavy atom. The molecule has 0 amide bonds. The molecular formula is C20H18N2OS. The highest BCUT2D eigenvalue weighted by Gasteiger charge is 2.11. The molecule has 1 N–H and O–H groups in total. The Morgan fingerprint density at radius 2 is 1.96 bits per heavy atom.